The molecule has 1 aliphatic heterocycles. The van der Waals surface area contributed by atoms with E-state index in [1.54, 1.807) is 41.3 Å². The van der Waals surface area contributed by atoms with Crippen LogP contribution in [0, 0.1) is 17.7 Å². The van der Waals surface area contributed by atoms with Crippen molar-refractivity contribution in [2.24, 2.45) is 11.8 Å². The van der Waals surface area contributed by atoms with E-state index in [1.165, 1.54) is 12.1 Å². The first-order valence-electron chi connectivity index (χ1n) is 15.4. The third-order valence-electron chi connectivity index (χ3n) is 9.03. The number of ether oxygens (including phenoxy) is 1. The Kier molecular flexibility index (Phi) is 10.2. The van der Waals surface area contributed by atoms with E-state index in [2.05, 4.69) is 0 Å². The zero-order valence-electron chi connectivity index (χ0n) is 25.1. The van der Waals surface area contributed by atoms with Gasteiger partial charge in [-0.25, -0.2) is 21.6 Å². The molecule has 2 fully saturated rings. The van der Waals surface area contributed by atoms with E-state index in [-0.39, 0.29) is 48.1 Å². The molecule has 3 aromatic carbocycles. The number of ketones is 1. The molecule has 0 bridgehead atoms. The summed E-state index contributed by atoms with van der Waals surface area (Å²) in [5, 5.41) is 0. The van der Waals surface area contributed by atoms with Crippen LogP contribution in [-0.4, -0.2) is 57.0 Å². The van der Waals surface area contributed by atoms with Crippen LogP contribution in [0.25, 0.3) is 11.1 Å². The molecule has 44 heavy (non-hydrogen) atoms. The Morgan fingerprint density at radius 3 is 2.14 bits per heavy atom. The molecule has 1 saturated heterocycles. The van der Waals surface area contributed by atoms with Crippen molar-refractivity contribution in [2.45, 2.75) is 62.2 Å². The van der Waals surface area contributed by atoms with E-state index in [1.807, 2.05) is 31.2 Å². The molecule has 0 unspecified atom stereocenters. The van der Waals surface area contributed by atoms with Crippen molar-refractivity contribution in [2.75, 3.05) is 32.0 Å². The molecular formula is C35H40F3NO4S. The van der Waals surface area contributed by atoms with Gasteiger partial charge in [0.05, 0.1) is 17.2 Å². The van der Waals surface area contributed by atoms with Crippen molar-refractivity contribution in [1.82, 2.24) is 4.90 Å². The highest BCUT2D eigenvalue weighted by molar-refractivity contribution is 7.91. The van der Waals surface area contributed by atoms with E-state index in [0.717, 1.165) is 16.7 Å². The minimum Gasteiger partial charge on any atom is -0.492 e. The van der Waals surface area contributed by atoms with Crippen LogP contribution in [0.15, 0.2) is 77.7 Å². The number of hydrogen-bond donors (Lipinski definition) is 0. The SMILES string of the molecule is C[C@@H](CC(=O)C1CCC(CS(=O)(=O)c2ccc(-c3ccc(OCCN4CCC(F)(F)C4)cc3)cc2)CC1)c1ccc(F)cc1. The molecule has 2 aliphatic rings. The summed E-state index contributed by atoms with van der Waals surface area (Å²) in [5.41, 5.74) is 2.74. The number of carbonyl (C=O) groups is 1. The monoisotopic (exact) mass is 627 g/mol. The number of likely N-dealkylation sites (tertiary alicyclic amines) is 1. The Morgan fingerprint density at radius 2 is 1.55 bits per heavy atom. The number of Topliss-reactive ketones (excluding diaryl/α,β-unsaturated/α-hetero) is 1. The third-order valence-corrected chi connectivity index (χ3v) is 10.9. The lowest BCUT2D eigenvalue weighted by Gasteiger charge is -2.28. The first-order chi connectivity index (χ1) is 21.0. The maximum absolute atomic E-state index is 13.3. The summed E-state index contributed by atoms with van der Waals surface area (Å²) in [7, 11) is -3.47. The number of sulfone groups is 1. The topological polar surface area (TPSA) is 63.7 Å². The molecule has 0 N–H and O–H groups in total. The second kappa shape index (κ2) is 13.9. The van der Waals surface area contributed by atoms with Crippen molar-refractivity contribution < 1.29 is 31.1 Å². The molecule has 1 heterocycles. The fourth-order valence-corrected chi connectivity index (χ4v) is 8.02. The van der Waals surface area contributed by atoms with Gasteiger partial charge in [-0.15, -0.1) is 0 Å². The van der Waals surface area contributed by atoms with Crippen LogP contribution in [0.3, 0.4) is 0 Å². The highest BCUT2D eigenvalue weighted by Crippen LogP contribution is 2.34. The Bertz CT molecular complexity index is 1500. The Balaban J connectivity index is 1.07. The van der Waals surface area contributed by atoms with Crippen LogP contribution >= 0.6 is 0 Å². The lowest BCUT2D eigenvalue weighted by Crippen LogP contribution is -2.29. The van der Waals surface area contributed by atoms with Crippen molar-refractivity contribution in [1.29, 1.82) is 0 Å². The zero-order chi connectivity index (χ0) is 31.3. The number of rotatable bonds is 12. The molecule has 1 aliphatic carbocycles. The number of halogens is 3. The Morgan fingerprint density at radius 1 is 0.932 bits per heavy atom. The first kappa shape index (κ1) is 32.2. The summed E-state index contributed by atoms with van der Waals surface area (Å²) < 4.78 is 72.0. The van der Waals surface area contributed by atoms with E-state index in [0.29, 0.717) is 62.4 Å². The van der Waals surface area contributed by atoms with Crippen LogP contribution in [0.1, 0.15) is 56.9 Å². The lowest BCUT2D eigenvalue weighted by molar-refractivity contribution is -0.124. The van der Waals surface area contributed by atoms with Crippen molar-refractivity contribution in [3.63, 3.8) is 0 Å². The van der Waals surface area contributed by atoms with Gasteiger partial charge in [0.25, 0.3) is 5.92 Å². The van der Waals surface area contributed by atoms with Gasteiger partial charge in [-0.1, -0.05) is 43.3 Å². The predicted octanol–water partition coefficient (Wildman–Crippen LogP) is 7.56. The standard InChI is InChI=1S/C35H40F3NO4S/c1-25(27-6-12-31(36)13-7-27)22-34(40)30-4-2-26(3-5-30)23-44(41,42)33-16-10-29(11-17-33)28-8-14-32(15-9-28)43-21-20-39-19-18-35(37,38)24-39/h6-17,25-26,30H,2-5,18-24H2,1H3/t25-,26?,30?/m0/s1. The van der Waals surface area contributed by atoms with Crippen molar-refractivity contribution >= 4 is 15.6 Å². The molecule has 9 heteroatoms. The van der Waals surface area contributed by atoms with Gasteiger partial charge in [-0.2, -0.15) is 0 Å². The maximum atomic E-state index is 13.3. The van der Waals surface area contributed by atoms with E-state index in [4.69, 9.17) is 4.74 Å². The van der Waals surface area contributed by atoms with Gasteiger partial charge in [0.2, 0.25) is 0 Å². The second-order valence-corrected chi connectivity index (χ2v) is 14.4. The Hall–Kier alpha value is -3.17. The highest BCUT2D eigenvalue weighted by Gasteiger charge is 2.37. The van der Waals surface area contributed by atoms with Crippen LogP contribution in [0.5, 0.6) is 5.75 Å². The smallest absolute Gasteiger partial charge is 0.261 e. The molecule has 1 saturated carbocycles. The normalized spacial score (nSPS) is 21.2. The van der Waals surface area contributed by atoms with Gasteiger partial charge < -0.3 is 4.74 Å². The molecule has 236 valence electrons. The molecule has 0 spiro atoms. The fourth-order valence-electron chi connectivity index (χ4n) is 6.32. The first-order valence-corrected chi connectivity index (χ1v) is 17.1. The zero-order valence-corrected chi connectivity index (χ0v) is 25.9. The highest BCUT2D eigenvalue weighted by atomic mass is 32.2. The van der Waals surface area contributed by atoms with E-state index < -0.39 is 15.8 Å². The molecule has 1 atom stereocenters. The van der Waals surface area contributed by atoms with Crippen molar-refractivity contribution in [3.8, 4) is 16.9 Å². The second-order valence-electron chi connectivity index (χ2n) is 12.4. The number of hydrogen-bond acceptors (Lipinski definition) is 5. The third kappa shape index (κ3) is 8.51. The van der Waals surface area contributed by atoms with E-state index >= 15 is 0 Å². The summed E-state index contributed by atoms with van der Waals surface area (Å²) in [6.07, 6.45) is 3.11. The lowest BCUT2D eigenvalue weighted by atomic mass is 9.78. The van der Waals surface area contributed by atoms with Crippen LogP contribution in [0.4, 0.5) is 13.2 Å². The average Bonchev–Trinajstić information content (AvgIpc) is 3.36. The number of nitrogens with zero attached hydrogens (tertiary/aromatic N) is 1. The quantitative estimate of drug-likeness (QED) is 0.208. The molecule has 3 aromatic rings. The fraction of sp³-hybridized carbons (Fsp3) is 0.457. The van der Waals surface area contributed by atoms with Gasteiger partial charge >= 0.3 is 0 Å². The number of benzene rings is 3. The van der Waals surface area contributed by atoms with Gasteiger partial charge in [-0.05, 0) is 90.6 Å². The summed E-state index contributed by atoms with van der Waals surface area (Å²) in [4.78, 5) is 14.9. The molecule has 0 amide bonds. The Labute approximate surface area is 258 Å². The van der Waals surface area contributed by atoms with Crippen molar-refractivity contribution in [3.05, 3.63) is 84.2 Å². The van der Waals surface area contributed by atoms with Crippen LogP contribution in [-0.2, 0) is 14.6 Å². The molecule has 5 nitrogen and oxygen atoms in total. The summed E-state index contributed by atoms with van der Waals surface area (Å²) in [5.74, 6) is -1.99. The number of alkyl halides is 2. The predicted molar refractivity (Wildman–Crippen MR) is 165 cm³/mol. The van der Waals surface area contributed by atoms with Gasteiger partial charge in [0, 0.05) is 31.8 Å². The molecular weight excluding hydrogens is 587 g/mol. The molecule has 0 aromatic heterocycles. The maximum Gasteiger partial charge on any atom is 0.261 e. The molecule has 5 rings (SSSR count). The summed E-state index contributed by atoms with van der Waals surface area (Å²) in [6.45, 7) is 2.92. The van der Waals surface area contributed by atoms with Crippen LogP contribution < -0.4 is 4.74 Å². The van der Waals surface area contributed by atoms with Gasteiger partial charge in [-0.3, -0.25) is 9.69 Å². The molecule has 0 radical (unpaired) electrons. The summed E-state index contributed by atoms with van der Waals surface area (Å²) >= 11 is 0. The summed E-state index contributed by atoms with van der Waals surface area (Å²) in [6, 6.07) is 20.6. The number of carbonyl (C=O) groups excluding carboxylic acids is 1. The van der Waals surface area contributed by atoms with Crippen LogP contribution in [0.2, 0.25) is 0 Å². The minimum absolute atomic E-state index is 0.0144. The van der Waals surface area contributed by atoms with Gasteiger partial charge in [0.1, 0.15) is 24.0 Å². The minimum atomic E-state index is -3.47. The largest absolute Gasteiger partial charge is 0.492 e. The van der Waals surface area contributed by atoms with E-state index in [9.17, 15) is 26.4 Å². The van der Waals surface area contributed by atoms with Gasteiger partial charge in [0.15, 0.2) is 9.84 Å². The average molecular weight is 628 g/mol.